The molecule has 2 aromatic rings. The number of imidazole rings is 1. The van der Waals surface area contributed by atoms with Crippen molar-refractivity contribution in [3.05, 3.63) is 66.8 Å². The molecule has 2 aliphatic rings. The maximum atomic E-state index is 6.01. The largest absolute Gasteiger partial charge is 0.346 e. The van der Waals surface area contributed by atoms with Gasteiger partial charge in [-0.15, -0.1) is 0 Å². The minimum Gasteiger partial charge on any atom is -0.346 e. The molecule has 2 aliphatic heterocycles. The molecule has 0 bridgehead atoms. The fraction of sp³-hybridized carbons (Fsp3) is 0.312. The van der Waals surface area contributed by atoms with E-state index in [4.69, 9.17) is 14.2 Å². The van der Waals surface area contributed by atoms with E-state index in [1.807, 2.05) is 47.2 Å². The normalized spacial score (nSPS) is 31.8. The summed E-state index contributed by atoms with van der Waals surface area (Å²) in [7, 11) is 0. The number of rotatable bonds is 2. The number of fused-ring (bicyclic) bond motifs is 1. The lowest BCUT2D eigenvalue weighted by Gasteiger charge is -2.39. The van der Waals surface area contributed by atoms with Crippen LogP contribution in [0.1, 0.15) is 18.1 Å². The Morgan fingerprint density at radius 3 is 2.81 bits per heavy atom. The monoisotopic (exact) mass is 284 g/mol. The summed E-state index contributed by atoms with van der Waals surface area (Å²) in [6, 6.07) is 9.96. The standard InChI is InChI=1S/C16H16N2O3/c1-2-4-12(5-3-1)16-19-10-14-13(21-16)6-7-15(20-14)18-9-8-17-11-18/h1-9,11,13-16H,10H2. The van der Waals surface area contributed by atoms with Crippen molar-refractivity contribution in [3.63, 3.8) is 0 Å². The van der Waals surface area contributed by atoms with Gasteiger partial charge in [0.1, 0.15) is 12.2 Å². The van der Waals surface area contributed by atoms with E-state index in [0.717, 1.165) is 5.56 Å². The molecule has 1 saturated heterocycles. The van der Waals surface area contributed by atoms with Crippen molar-refractivity contribution in [2.45, 2.75) is 24.7 Å². The van der Waals surface area contributed by atoms with Crippen LogP contribution in [0.2, 0.25) is 0 Å². The molecule has 0 spiro atoms. The average molecular weight is 284 g/mol. The summed E-state index contributed by atoms with van der Waals surface area (Å²) in [4.78, 5) is 4.04. The molecule has 1 aromatic heterocycles. The third-order valence-electron chi connectivity index (χ3n) is 3.73. The highest BCUT2D eigenvalue weighted by molar-refractivity contribution is 5.17. The van der Waals surface area contributed by atoms with E-state index in [1.165, 1.54) is 0 Å². The summed E-state index contributed by atoms with van der Waals surface area (Å²) in [5.41, 5.74) is 1.03. The van der Waals surface area contributed by atoms with Crippen LogP contribution in [0.15, 0.2) is 61.2 Å². The Hall–Kier alpha value is -1.95. The van der Waals surface area contributed by atoms with Crippen LogP contribution >= 0.6 is 0 Å². The van der Waals surface area contributed by atoms with Crippen LogP contribution in [0.4, 0.5) is 0 Å². The number of hydrogen-bond acceptors (Lipinski definition) is 4. The Labute approximate surface area is 122 Å². The van der Waals surface area contributed by atoms with Crippen LogP contribution < -0.4 is 0 Å². The van der Waals surface area contributed by atoms with Crippen molar-refractivity contribution in [3.8, 4) is 0 Å². The van der Waals surface area contributed by atoms with Crippen LogP contribution in [0, 0.1) is 0 Å². The van der Waals surface area contributed by atoms with E-state index in [-0.39, 0.29) is 24.7 Å². The van der Waals surface area contributed by atoms with Gasteiger partial charge in [0.05, 0.1) is 12.9 Å². The maximum absolute atomic E-state index is 6.01. The Balaban J connectivity index is 1.49. The molecule has 0 saturated carbocycles. The van der Waals surface area contributed by atoms with Crippen LogP contribution in [0.5, 0.6) is 0 Å². The molecule has 1 fully saturated rings. The van der Waals surface area contributed by atoms with E-state index in [9.17, 15) is 0 Å². The van der Waals surface area contributed by atoms with E-state index in [0.29, 0.717) is 6.61 Å². The molecule has 1 aromatic carbocycles. The van der Waals surface area contributed by atoms with Gasteiger partial charge < -0.3 is 18.8 Å². The fourth-order valence-corrected chi connectivity index (χ4v) is 2.64. The van der Waals surface area contributed by atoms with Crippen molar-refractivity contribution in [2.24, 2.45) is 0 Å². The molecule has 4 atom stereocenters. The molecule has 108 valence electrons. The summed E-state index contributed by atoms with van der Waals surface area (Å²) in [5.74, 6) is 0. The summed E-state index contributed by atoms with van der Waals surface area (Å²) < 4.78 is 19.7. The average Bonchev–Trinajstić information content (AvgIpc) is 3.09. The molecule has 0 N–H and O–H groups in total. The number of ether oxygens (including phenoxy) is 3. The van der Waals surface area contributed by atoms with E-state index in [1.54, 1.807) is 12.5 Å². The molecule has 0 aliphatic carbocycles. The van der Waals surface area contributed by atoms with E-state index < -0.39 is 0 Å². The number of benzene rings is 1. The SMILES string of the molecule is C1=CC(n2ccnc2)OC2COC(c3ccccc3)OC12. The van der Waals surface area contributed by atoms with Gasteiger partial charge in [0.15, 0.2) is 12.5 Å². The Bertz CT molecular complexity index is 612. The second-order valence-electron chi connectivity index (χ2n) is 5.14. The highest BCUT2D eigenvalue weighted by atomic mass is 16.7. The molecule has 21 heavy (non-hydrogen) atoms. The zero-order valence-corrected chi connectivity index (χ0v) is 11.4. The summed E-state index contributed by atoms with van der Waals surface area (Å²) >= 11 is 0. The second-order valence-corrected chi connectivity index (χ2v) is 5.14. The Morgan fingerprint density at radius 2 is 2.00 bits per heavy atom. The summed E-state index contributed by atoms with van der Waals surface area (Å²) in [5, 5.41) is 0. The highest BCUT2D eigenvalue weighted by Crippen LogP contribution is 2.32. The molecular weight excluding hydrogens is 268 g/mol. The summed E-state index contributed by atoms with van der Waals surface area (Å²) in [6.45, 7) is 0.514. The third-order valence-corrected chi connectivity index (χ3v) is 3.73. The Morgan fingerprint density at radius 1 is 1.10 bits per heavy atom. The van der Waals surface area contributed by atoms with Crippen molar-refractivity contribution in [2.75, 3.05) is 6.61 Å². The second kappa shape index (κ2) is 5.44. The smallest absolute Gasteiger partial charge is 0.184 e. The van der Waals surface area contributed by atoms with Crippen LogP contribution in [-0.2, 0) is 14.2 Å². The van der Waals surface area contributed by atoms with Crippen molar-refractivity contribution in [1.82, 2.24) is 9.55 Å². The first-order valence-corrected chi connectivity index (χ1v) is 7.03. The number of hydrogen-bond donors (Lipinski definition) is 0. The predicted molar refractivity (Wildman–Crippen MR) is 75.3 cm³/mol. The van der Waals surface area contributed by atoms with Crippen LogP contribution in [0.3, 0.4) is 0 Å². The molecule has 0 radical (unpaired) electrons. The highest BCUT2D eigenvalue weighted by Gasteiger charge is 2.36. The third kappa shape index (κ3) is 2.51. The van der Waals surface area contributed by atoms with Crippen molar-refractivity contribution in [1.29, 1.82) is 0 Å². The van der Waals surface area contributed by atoms with Gasteiger partial charge in [0, 0.05) is 18.0 Å². The molecule has 4 rings (SSSR count). The zero-order chi connectivity index (χ0) is 14.1. The van der Waals surface area contributed by atoms with Gasteiger partial charge in [0.2, 0.25) is 0 Å². The first-order valence-electron chi connectivity index (χ1n) is 7.03. The van der Waals surface area contributed by atoms with Gasteiger partial charge in [-0.05, 0) is 6.08 Å². The van der Waals surface area contributed by atoms with Crippen LogP contribution in [-0.4, -0.2) is 28.4 Å². The maximum Gasteiger partial charge on any atom is 0.184 e. The van der Waals surface area contributed by atoms with Gasteiger partial charge in [-0.1, -0.05) is 36.4 Å². The minimum absolute atomic E-state index is 0.0799. The van der Waals surface area contributed by atoms with Crippen molar-refractivity contribution >= 4 is 0 Å². The lowest BCUT2D eigenvalue weighted by Crippen LogP contribution is -2.44. The Kier molecular flexibility index (Phi) is 3.31. The zero-order valence-electron chi connectivity index (χ0n) is 11.4. The summed E-state index contributed by atoms with van der Waals surface area (Å²) in [6.07, 6.45) is 8.76. The lowest BCUT2D eigenvalue weighted by molar-refractivity contribution is -0.267. The molecule has 5 heteroatoms. The topological polar surface area (TPSA) is 45.5 Å². The molecular formula is C16H16N2O3. The number of aromatic nitrogens is 2. The van der Waals surface area contributed by atoms with Gasteiger partial charge >= 0.3 is 0 Å². The van der Waals surface area contributed by atoms with E-state index >= 15 is 0 Å². The van der Waals surface area contributed by atoms with Gasteiger partial charge in [-0.3, -0.25) is 0 Å². The van der Waals surface area contributed by atoms with Crippen molar-refractivity contribution < 1.29 is 14.2 Å². The molecule has 5 nitrogen and oxygen atoms in total. The van der Waals surface area contributed by atoms with Gasteiger partial charge in [0.25, 0.3) is 0 Å². The first-order chi connectivity index (χ1) is 10.4. The quantitative estimate of drug-likeness (QED) is 0.795. The van der Waals surface area contributed by atoms with Gasteiger partial charge in [-0.2, -0.15) is 0 Å². The molecule has 0 amide bonds. The lowest BCUT2D eigenvalue weighted by atomic mass is 10.1. The minimum atomic E-state index is -0.328. The predicted octanol–water partition coefficient (Wildman–Crippen LogP) is 2.45. The van der Waals surface area contributed by atoms with E-state index in [2.05, 4.69) is 11.1 Å². The molecule has 4 unspecified atom stereocenters. The fourth-order valence-electron chi connectivity index (χ4n) is 2.64. The molecule has 3 heterocycles. The number of nitrogens with zero attached hydrogens (tertiary/aromatic N) is 2. The van der Waals surface area contributed by atoms with Crippen LogP contribution in [0.25, 0.3) is 0 Å². The first kappa shape index (κ1) is 12.8. The van der Waals surface area contributed by atoms with Gasteiger partial charge in [-0.25, -0.2) is 4.98 Å².